The van der Waals surface area contributed by atoms with E-state index in [1.807, 2.05) is 28.9 Å². The van der Waals surface area contributed by atoms with E-state index < -0.39 is 0 Å². The van der Waals surface area contributed by atoms with Crippen LogP contribution in [0.1, 0.15) is 10.4 Å². The van der Waals surface area contributed by atoms with Gasteiger partial charge < -0.3 is 9.14 Å². The fraction of sp³-hybridized carbons (Fsp3) is 0.250. The summed E-state index contributed by atoms with van der Waals surface area (Å²) in [5.41, 5.74) is 1.41. The third-order valence-corrected chi connectivity index (χ3v) is 2.65. The summed E-state index contributed by atoms with van der Waals surface area (Å²) in [4.78, 5) is 16.8. The predicted octanol–water partition coefficient (Wildman–Crippen LogP) is 1.58. The molecule has 0 saturated carbocycles. The van der Waals surface area contributed by atoms with Gasteiger partial charge in [-0.2, -0.15) is 0 Å². The Hall–Kier alpha value is -2.01. The van der Waals surface area contributed by atoms with E-state index in [9.17, 15) is 4.79 Å². The Balaban J connectivity index is 2.46. The second-order valence-corrected chi connectivity index (χ2v) is 3.58. The van der Waals surface area contributed by atoms with Crippen molar-refractivity contribution in [2.75, 3.05) is 21.3 Å². The van der Waals surface area contributed by atoms with Gasteiger partial charge in [0.15, 0.2) is 0 Å². The molecule has 0 N–H and O–H groups in total. The van der Waals surface area contributed by atoms with Crippen molar-refractivity contribution in [2.24, 2.45) is 0 Å². The van der Waals surface area contributed by atoms with Crippen molar-refractivity contribution in [3.63, 3.8) is 0 Å². The van der Waals surface area contributed by atoms with Crippen molar-refractivity contribution in [1.82, 2.24) is 9.46 Å². The van der Waals surface area contributed by atoms with Crippen LogP contribution in [0.3, 0.4) is 0 Å². The number of aromatic nitrogens is 1. The molecule has 90 valence electrons. The van der Waals surface area contributed by atoms with Crippen molar-refractivity contribution in [2.45, 2.75) is 0 Å². The lowest BCUT2D eigenvalue weighted by Gasteiger charge is -2.12. The van der Waals surface area contributed by atoms with Crippen molar-refractivity contribution < 1.29 is 14.4 Å². The molecule has 0 fully saturated rings. The van der Waals surface area contributed by atoms with Crippen LogP contribution in [0.5, 0.6) is 5.75 Å². The maximum atomic E-state index is 12.0. The van der Waals surface area contributed by atoms with E-state index >= 15 is 0 Å². The summed E-state index contributed by atoms with van der Waals surface area (Å²) >= 11 is 0. The summed E-state index contributed by atoms with van der Waals surface area (Å²) in [6.07, 6.45) is 3.63. The minimum atomic E-state index is -0.180. The number of hydrogen-bond donors (Lipinski definition) is 0. The molecule has 2 heterocycles. The smallest absolute Gasteiger partial charge is 0.279 e. The van der Waals surface area contributed by atoms with E-state index in [0.29, 0.717) is 5.56 Å². The molecule has 0 spiro atoms. The Kier molecular flexibility index (Phi) is 3.01. The number of pyridine rings is 1. The standard InChI is InChI=1S/C12H14N2O3/c1-13(17-3)12(15)10-6-7-14-8-9(16-2)4-5-11(10)14/h4-8H,1-3H3. The molecular formula is C12H14N2O3. The van der Waals surface area contributed by atoms with Gasteiger partial charge in [0.05, 0.1) is 31.5 Å². The topological polar surface area (TPSA) is 43.2 Å². The van der Waals surface area contributed by atoms with Gasteiger partial charge in [-0.15, -0.1) is 0 Å². The van der Waals surface area contributed by atoms with E-state index in [2.05, 4.69) is 0 Å². The number of fused-ring (bicyclic) bond motifs is 1. The van der Waals surface area contributed by atoms with E-state index in [1.54, 1.807) is 20.2 Å². The minimum absolute atomic E-state index is 0.180. The zero-order chi connectivity index (χ0) is 12.4. The zero-order valence-corrected chi connectivity index (χ0v) is 10.0. The molecule has 0 aliphatic carbocycles. The number of hydrogen-bond acceptors (Lipinski definition) is 3. The average molecular weight is 234 g/mol. The molecule has 0 aliphatic rings. The molecule has 17 heavy (non-hydrogen) atoms. The number of ether oxygens (including phenoxy) is 1. The first-order valence-electron chi connectivity index (χ1n) is 5.14. The van der Waals surface area contributed by atoms with Crippen LogP contribution in [-0.2, 0) is 4.84 Å². The zero-order valence-electron chi connectivity index (χ0n) is 10.0. The number of rotatable bonds is 3. The van der Waals surface area contributed by atoms with Crippen molar-refractivity contribution in [3.05, 3.63) is 36.2 Å². The lowest BCUT2D eigenvalue weighted by Crippen LogP contribution is -2.25. The molecule has 1 amide bonds. The number of nitrogens with zero attached hydrogens (tertiary/aromatic N) is 2. The molecule has 0 bridgehead atoms. The van der Waals surface area contributed by atoms with Crippen molar-refractivity contribution >= 4 is 11.4 Å². The highest BCUT2D eigenvalue weighted by molar-refractivity contribution is 6.00. The predicted molar refractivity (Wildman–Crippen MR) is 63.1 cm³/mol. The summed E-state index contributed by atoms with van der Waals surface area (Å²) < 4.78 is 6.96. The molecule has 0 unspecified atom stereocenters. The average Bonchev–Trinajstić information content (AvgIpc) is 2.79. The molecule has 0 radical (unpaired) electrons. The molecule has 0 atom stereocenters. The molecule has 5 heteroatoms. The summed E-state index contributed by atoms with van der Waals surface area (Å²) in [6, 6.07) is 5.42. The quantitative estimate of drug-likeness (QED) is 0.757. The number of hydroxylamine groups is 2. The van der Waals surface area contributed by atoms with Crippen LogP contribution in [0.25, 0.3) is 5.52 Å². The van der Waals surface area contributed by atoms with Gasteiger partial charge in [0.25, 0.3) is 5.91 Å². The molecule has 0 aromatic carbocycles. The number of amides is 1. The Bertz CT molecular complexity index is 548. The highest BCUT2D eigenvalue weighted by atomic mass is 16.7. The van der Waals surface area contributed by atoms with Crippen LogP contribution in [0.4, 0.5) is 0 Å². The van der Waals surface area contributed by atoms with Gasteiger partial charge in [-0.05, 0) is 18.2 Å². The van der Waals surface area contributed by atoms with Gasteiger partial charge in [0, 0.05) is 13.2 Å². The normalized spacial score (nSPS) is 10.5. The molecule has 2 aromatic rings. The lowest BCUT2D eigenvalue weighted by molar-refractivity contribution is -0.0755. The number of carbonyl (C=O) groups excluding carboxylic acids is 1. The third kappa shape index (κ3) is 1.97. The summed E-state index contributed by atoms with van der Waals surface area (Å²) in [6.45, 7) is 0. The Morgan fingerprint density at radius 2 is 2.06 bits per heavy atom. The van der Waals surface area contributed by atoms with Gasteiger partial charge in [-0.25, -0.2) is 5.06 Å². The van der Waals surface area contributed by atoms with Crippen LogP contribution in [0.2, 0.25) is 0 Å². The Labute approximate surface area is 99.1 Å². The fourth-order valence-electron chi connectivity index (χ4n) is 1.64. The fourth-order valence-corrected chi connectivity index (χ4v) is 1.64. The maximum Gasteiger partial charge on any atom is 0.279 e. The molecule has 0 saturated heterocycles. The van der Waals surface area contributed by atoms with Crippen LogP contribution >= 0.6 is 0 Å². The Morgan fingerprint density at radius 3 is 2.71 bits per heavy atom. The van der Waals surface area contributed by atoms with E-state index in [1.165, 1.54) is 12.2 Å². The second-order valence-electron chi connectivity index (χ2n) is 3.58. The van der Waals surface area contributed by atoms with E-state index in [0.717, 1.165) is 11.3 Å². The van der Waals surface area contributed by atoms with Gasteiger partial charge in [-0.1, -0.05) is 0 Å². The molecule has 5 nitrogen and oxygen atoms in total. The maximum absolute atomic E-state index is 12.0. The first-order chi connectivity index (χ1) is 8.17. The largest absolute Gasteiger partial charge is 0.495 e. The van der Waals surface area contributed by atoms with Gasteiger partial charge in [-0.3, -0.25) is 9.63 Å². The number of methoxy groups -OCH3 is 1. The molecular weight excluding hydrogens is 220 g/mol. The third-order valence-electron chi connectivity index (χ3n) is 2.65. The van der Waals surface area contributed by atoms with E-state index in [4.69, 9.17) is 9.57 Å². The van der Waals surface area contributed by atoms with Crippen LogP contribution < -0.4 is 4.74 Å². The Morgan fingerprint density at radius 1 is 1.29 bits per heavy atom. The molecule has 2 aromatic heterocycles. The highest BCUT2D eigenvalue weighted by Gasteiger charge is 2.15. The van der Waals surface area contributed by atoms with E-state index in [-0.39, 0.29) is 5.91 Å². The van der Waals surface area contributed by atoms with Gasteiger partial charge in [0.1, 0.15) is 5.75 Å². The van der Waals surface area contributed by atoms with Crippen molar-refractivity contribution in [1.29, 1.82) is 0 Å². The summed E-state index contributed by atoms with van der Waals surface area (Å²) in [7, 11) is 4.64. The SMILES string of the molecule is COc1ccc2c(C(=O)N(C)OC)ccn2c1. The van der Waals surface area contributed by atoms with Crippen LogP contribution in [-0.4, -0.2) is 36.6 Å². The minimum Gasteiger partial charge on any atom is -0.495 e. The lowest BCUT2D eigenvalue weighted by atomic mass is 10.2. The van der Waals surface area contributed by atoms with Gasteiger partial charge in [0.2, 0.25) is 0 Å². The first kappa shape index (κ1) is 11.5. The van der Waals surface area contributed by atoms with Crippen LogP contribution in [0.15, 0.2) is 30.6 Å². The monoisotopic (exact) mass is 234 g/mol. The summed E-state index contributed by atoms with van der Waals surface area (Å²) in [5, 5.41) is 1.19. The molecule has 0 aliphatic heterocycles. The van der Waals surface area contributed by atoms with Crippen molar-refractivity contribution in [3.8, 4) is 5.75 Å². The second kappa shape index (κ2) is 4.47. The van der Waals surface area contributed by atoms with Crippen LogP contribution in [0, 0.1) is 0 Å². The van der Waals surface area contributed by atoms with Gasteiger partial charge >= 0.3 is 0 Å². The number of carbonyl (C=O) groups is 1. The molecule has 2 rings (SSSR count). The highest BCUT2D eigenvalue weighted by Crippen LogP contribution is 2.18. The summed E-state index contributed by atoms with van der Waals surface area (Å²) in [5.74, 6) is 0.562. The first-order valence-corrected chi connectivity index (χ1v) is 5.14.